The topological polar surface area (TPSA) is 89.1 Å². The second kappa shape index (κ2) is 12.1. The summed E-state index contributed by atoms with van der Waals surface area (Å²) in [4.78, 5) is 26.9. The first-order chi connectivity index (χ1) is 16.0. The molecule has 1 aliphatic rings. The number of carbonyl (C=O) groups excluding carboxylic acids is 2. The van der Waals surface area contributed by atoms with Crippen molar-refractivity contribution >= 4 is 23.2 Å². The summed E-state index contributed by atoms with van der Waals surface area (Å²) in [5.41, 5.74) is 2.32. The van der Waals surface area contributed by atoms with Crippen LogP contribution in [0.2, 0.25) is 0 Å². The van der Waals surface area contributed by atoms with Crippen LogP contribution in [0, 0.1) is 0 Å². The van der Waals surface area contributed by atoms with Crippen LogP contribution in [-0.2, 0) is 14.3 Å². The lowest BCUT2D eigenvalue weighted by Crippen LogP contribution is -2.36. The summed E-state index contributed by atoms with van der Waals surface area (Å²) >= 11 is 0. The van der Waals surface area contributed by atoms with Gasteiger partial charge in [-0.25, -0.2) is 0 Å². The van der Waals surface area contributed by atoms with E-state index in [0.29, 0.717) is 43.6 Å². The summed E-state index contributed by atoms with van der Waals surface area (Å²) in [5.74, 6) is 0.825. The highest BCUT2D eigenvalue weighted by atomic mass is 16.5. The molecule has 0 radical (unpaired) electrons. The van der Waals surface area contributed by atoms with Crippen LogP contribution >= 0.6 is 0 Å². The summed E-state index contributed by atoms with van der Waals surface area (Å²) in [7, 11) is 0. The van der Waals surface area contributed by atoms with Crippen molar-refractivity contribution in [3.8, 4) is 11.5 Å². The van der Waals surface area contributed by atoms with Crippen molar-refractivity contribution < 1.29 is 23.8 Å². The zero-order valence-electron chi connectivity index (χ0n) is 19.6. The van der Waals surface area contributed by atoms with E-state index in [0.717, 1.165) is 24.3 Å². The quantitative estimate of drug-likeness (QED) is 0.570. The lowest BCUT2D eigenvalue weighted by Gasteiger charge is -2.31. The van der Waals surface area contributed by atoms with Crippen molar-refractivity contribution in [1.29, 1.82) is 0 Å². The van der Waals surface area contributed by atoms with Gasteiger partial charge in [-0.1, -0.05) is 30.3 Å². The maximum absolute atomic E-state index is 13.0. The smallest absolute Gasteiger partial charge is 0.226 e. The van der Waals surface area contributed by atoms with E-state index in [4.69, 9.17) is 14.2 Å². The molecule has 33 heavy (non-hydrogen) atoms. The molecule has 1 heterocycles. The molecule has 8 heteroatoms. The van der Waals surface area contributed by atoms with E-state index in [2.05, 4.69) is 15.5 Å². The number of amides is 2. The third kappa shape index (κ3) is 6.86. The average molecular weight is 456 g/mol. The number of morpholine rings is 1. The van der Waals surface area contributed by atoms with Crippen molar-refractivity contribution in [1.82, 2.24) is 5.32 Å². The average Bonchev–Trinajstić information content (AvgIpc) is 2.81. The Morgan fingerprint density at radius 3 is 2.33 bits per heavy atom. The van der Waals surface area contributed by atoms with Gasteiger partial charge in [0.15, 0.2) is 0 Å². The Balaban J connectivity index is 1.84. The Bertz CT molecular complexity index is 929. The van der Waals surface area contributed by atoms with Crippen molar-refractivity contribution in [2.24, 2.45) is 0 Å². The first kappa shape index (κ1) is 24.4. The third-order valence-corrected chi connectivity index (χ3v) is 5.26. The van der Waals surface area contributed by atoms with Crippen LogP contribution in [0.1, 0.15) is 38.8 Å². The van der Waals surface area contributed by atoms with Crippen LogP contribution in [0.5, 0.6) is 11.5 Å². The molecule has 0 aromatic heterocycles. The molecule has 2 aromatic rings. The standard InChI is InChI=1S/C25H33N3O5/c1-4-32-23-17-22(28-11-13-31-14-12-28)24(33-5-2)15-21(23)27-25(30)16-20(26-18(3)29)19-9-7-6-8-10-19/h6-10,15,17,20H,4-5,11-14,16H2,1-3H3,(H,26,29)(H,27,30). The Morgan fingerprint density at radius 1 is 1.03 bits per heavy atom. The molecular formula is C25H33N3O5. The predicted molar refractivity (Wildman–Crippen MR) is 128 cm³/mol. The fraction of sp³-hybridized carbons (Fsp3) is 0.440. The first-order valence-electron chi connectivity index (χ1n) is 11.4. The molecule has 1 fully saturated rings. The van der Waals surface area contributed by atoms with Gasteiger partial charge in [-0.05, 0) is 19.4 Å². The highest BCUT2D eigenvalue weighted by Crippen LogP contribution is 2.39. The number of nitrogens with one attached hydrogen (secondary N) is 2. The SMILES string of the molecule is CCOc1cc(N2CCOCC2)c(OCC)cc1NC(=O)CC(NC(C)=O)c1ccccc1. The highest BCUT2D eigenvalue weighted by Gasteiger charge is 2.22. The van der Waals surface area contributed by atoms with Crippen LogP contribution in [-0.4, -0.2) is 51.3 Å². The number of anilines is 2. The largest absolute Gasteiger partial charge is 0.492 e. The van der Waals surface area contributed by atoms with Crippen molar-refractivity contribution in [3.63, 3.8) is 0 Å². The third-order valence-electron chi connectivity index (χ3n) is 5.26. The summed E-state index contributed by atoms with van der Waals surface area (Å²) in [5, 5.41) is 5.82. The van der Waals surface area contributed by atoms with Crippen molar-refractivity contribution in [2.45, 2.75) is 33.2 Å². The van der Waals surface area contributed by atoms with E-state index in [1.54, 1.807) is 0 Å². The summed E-state index contributed by atoms with van der Waals surface area (Å²) < 4.78 is 17.2. The number of hydrogen-bond acceptors (Lipinski definition) is 6. The van der Waals surface area contributed by atoms with Gasteiger partial charge in [0.1, 0.15) is 11.5 Å². The van der Waals surface area contributed by atoms with Gasteiger partial charge in [-0.2, -0.15) is 0 Å². The molecule has 0 saturated carbocycles. The Labute approximate surface area is 195 Å². The normalized spacial score (nSPS) is 14.3. The highest BCUT2D eigenvalue weighted by molar-refractivity contribution is 5.94. The molecule has 3 rings (SSSR count). The second-order valence-corrected chi connectivity index (χ2v) is 7.70. The minimum absolute atomic E-state index is 0.0876. The molecule has 178 valence electrons. The molecule has 0 aliphatic carbocycles. The summed E-state index contributed by atoms with van der Waals surface area (Å²) in [6.45, 7) is 9.04. The van der Waals surface area contributed by atoms with Crippen LogP contribution in [0.25, 0.3) is 0 Å². The Kier molecular flexibility index (Phi) is 8.95. The molecule has 1 aliphatic heterocycles. The zero-order valence-corrected chi connectivity index (χ0v) is 19.6. The van der Waals surface area contributed by atoms with E-state index < -0.39 is 6.04 Å². The number of nitrogens with zero attached hydrogens (tertiary/aromatic N) is 1. The molecule has 1 unspecified atom stereocenters. The van der Waals surface area contributed by atoms with Gasteiger partial charge in [-0.3, -0.25) is 9.59 Å². The van der Waals surface area contributed by atoms with Gasteiger partial charge < -0.3 is 29.7 Å². The number of hydrogen-bond donors (Lipinski definition) is 2. The van der Waals surface area contributed by atoms with E-state index in [9.17, 15) is 9.59 Å². The molecule has 8 nitrogen and oxygen atoms in total. The molecule has 2 N–H and O–H groups in total. The van der Waals surface area contributed by atoms with Gasteiger partial charge in [0.2, 0.25) is 11.8 Å². The molecule has 2 aromatic carbocycles. The fourth-order valence-electron chi connectivity index (χ4n) is 3.81. The number of rotatable bonds is 10. The molecule has 0 spiro atoms. The van der Waals surface area contributed by atoms with Crippen LogP contribution in [0.4, 0.5) is 11.4 Å². The van der Waals surface area contributed by atoms with Gasteiger partial charge in [0, 0.05) is 32.1 Å². The van der Waals surface area contributed by atoms with Crippen molar-refractivity contribution in [2.75, 3.05) is 49.7 Å². The Hall–Kier alpha value is -3.26. The number of benzene rings is 2. The number of ether oxygens (including phenoxy) is 3. The van der Waals surface area contributed by atoms with Gasteiger partial charge in [0.05, 0.1) is 50.3 Å². The lowest BCUT2D eigenvalue weighted by atomic mass is 10.0. The van der Waals surface area contributed by atoms with Gasteiger partial charge in [-0.15, -0.1) is 0 Å². The predicted octanol–water partition coefficient (Wildman–Crippen LogP) is 3.53. The first-order valence-corrected chi connectivity index (χ1v) is 11.4. The summed E-state index contributed by atoms with van der Waals surface area (Å²) in [6.07, 6.45) is 0.0876. The second-order valence-electron chi connectivity index (χ2n) is 7.70. The van der Waals surface area contributed by atoms with Crippen LogP contribution in [0.15, 0.2) is 42.5 Å². The van der Waals surface area contributed by atoms with Gasteiger partial charge in [0.25, 0.3) is 0 Å². The minimum Gasteiger partial charge on any atom is -0.492 e. The van der Waals surface area contributed by atoms with Crippen LogP contribution < -0.4 is 25.0 Å². The molecule has 2 amide bonds. The zero-order chi connectivity index (χ0) is 23.6. The molecule has 1 atom stereocenters. The van der Waals surface area contributed by atoms with E-state index >= 15 is 0 Å². The molecule has 1 saturated heterocycles. The summed E-state index contributed by atoms with van der Waals surface area (Å²) in [6, 6.07) is 12.7. The monoisotopic (exact) mass is 455 g/mol. The minimum atomic E-state index is -0.432. The molecular weight excluding hydrogens is 422 g/mol. The van der Waals surface area contributed by atoms with Gasteiger partial charge >= 0.3 is 0 Å². The van der Waals surface area contributed by atoms with Crippen molar-refractivity contribution in [3.05, 3.63) is 48.0 Å². The van der Waals surface area contributed by atoms with E-state index in [-0.39, 0.29) is 18.2 Å². The van der Waals surface area contributed by atoms with E-state index in [1.807, 2.05) is 56.3 Å². The maximum atomic E-state index is 13.0. The maximum Gasteiger partial charge on any atom is 0.226 e. The number of carbonyl (C=O) groups is 2. The lowest BCUT2D eigenvalue weighted by molar-refractivity contribution is -0.120. The van der Waals surface area contributed by atoms with E-state index in [1.165, 1.54) is 6.92 Å². The fourth-order valence-corrected chi connectivity index (χ4v) is 3.81. The Morgan fingerprint density at radius 2 is 1.70 bits per heavy atom. The van der Waals surface area contributed by atoms with Crippen LogP contribution in [0.3, 0.4) is 0 Å². The molecule has 0 bridgehead atoms.